The summed E-state index contributed by atoms with van der Waals surface area (Å²) < 4.78 is 0. The minimum absolute atomic E-state index is 0.0336. The molecule has 0 aliphatic heterocycles. The van der Waals surface area contributed by atoms with Crippen molar-refractivity contribution in [1.82, 2.24) is 0 Å². The van der Waals surface area contributed by atoms with Crippen molar-refractivity contribution in [1.29, 1.82) is 5.26 Å². The third-order valence-corrected chi connectivity index (χ3v) is 2.19. The van der Waals surface area contributed by atoms with Gasteiger partial charge in [-0.05, 0) is 37.1 Å². The molecule has 0 fully saturated rings. The zero-order chi connectivity index (χ0) is 10.4. The van der Waals surface area contributed by atoms with E-state index in [0.717, 1.165) is 18.4 Å². The average molecular weight is 189 g/mol. The molecule has 0 aliphatic rings. The van der Waals surface area contributed by atoms with Crippen LogP contribution in [-0.4, -0.2) is 6.54 Å². The molecule has 0 saturated carbocycles. The Balaban J connectivity index is 2.63. The van der Waals surface area contributed by atoms with Crippen molar-refractivity contribution in [3.8, 4) is 6.07 Å². The predicted molar refractivity (Wildman–Crippen MR) is 56.4 cm³/mol. The predicted octanol–water partition coefficient (Wildman–Crippen LogP) is 1.30. The van der Waals surface area contributed by atoms with Gasteiger partial charge < -0.3 is 11.5 Å². The lowest BCUT2D eigenvalue weighted by molar-refractivity contribution is 0.618. The maximum atomic E-state index is 8.61. The van der Waals surface area contributed by atoms with Crippen LogP contribution < -0.4 is 11.5 Å². The highest BCUT2D eigenvalue weighted by Gasteiger charge is 2.04. The van der Waals surface area contributed by atoms with Gasteiger partial charge in [-0.3, -0.25) is 0 Å². The van der Waals surface area contributed by atoms with Gasteiger partial charge in [0.15, 0.2) is 0 Å². The van der Waals surface area contributed by atoms with Gasteiger partial charge in [-0.15, -0.1) is 0 Å². The van der Waals surface area contributed by atoms with Crippen LogP contribution in [0, 0.1) is 11.3 Å². The first-order chi connectivity index (χ1) is 6.77. The van der Waals surface area contributed by atoms with Crippen molar-refractivity contribution in [2.45, 2.75) is 18.9 Å². The smallest absolute Gasteiger partial charge is 0.0991 e. The molecule has 4 N–H and O–H groups in total. The first kappa shape index (κ1) is 10.7. The van der Waals surface area contributed by atoms with Crippen LogP contribution in [0.25, 0.3) is 0 Å². The lowest BCUT2D eigenvalue weighted by Crippen LogP contribution is -2.12. The summed E-state index contributed by atoms with van der Waals surface area (Å²) in [7, 11) is 0. The van der Waals surface area contributed by atoms with Crippen LogP contribution in [0.5, 0.6) is 0 Å². The fourth-order valence-electron chi connectivity index (χ4n) is 1.31. The molecule has 1 rings (SSSR count). The van der Waals surface area contributed by atoms with E-state index in [2.05, 4.69) is 6.07 Å². The van der Waals surface area contributed by atoms with E-state index >= 15 is 0 Å². The number of hydrogen-bond acceptors (Lipinski definition) is 3. The monoisotopic (exact) mass is 189 g/mol. The van der Waals surface area contributed by atoms with Crippen LogP contribution in [0.3, 0.4) is 0 Å². The SMILES string of the molecule is N#Cc1ccc([C@H](N)CCCN)cc1. The minimum Gasteiger partial charge on any atom is -0.330 e. The van der Waals surface area contributed by atoms with Crippen molar-refractivity contribution in [2.75, 3.05) is 6.54 Å². The highest BCUT2D eigenvalue weighted by Crippen LogP contribution is 2.15. The largest absolute Gasteiger partial charge is 0.330 e. The molecular formula is C11H15N3. The van der Waals surface area contributed by atoms with Crippen molar-refractivity contribution in [2.24, 2.45) is 11.5 Å². The zero-order valence-electron chi connectivity index (χ0n) is 8.11. The molecule has 0 spiro atoms. The van der Waals surface area contributed by atoms with E-state index in [1.807, 2.05) is 12.1 Å². The normalized spacial score (nSPS) is 12.1. The maximum absolute atomic E-state index is 8.61. The van der Waals surface area contributed by atoms with Crippen LogP contribution in [0.15, 0.2) is 24.3 Å². The minimum atomic E-state index is 0.0336. The fourth-order valence-corrected chi connectivity index (χ4v) is 1.31. The molecule has 14 heavy (non-hydrogen) atoms. The second-order valence-corrected chi connectivity index (χ2v) is 3.27. The molecule has 0 amide bonds. The van der Waals surface area contributed by atoms with Gasteiger partial charge in [0.1, 0.15) is 0 Å². The van der Waals surface area contributed by atoms with Crippen molar-refractivity contribution < 1.29 is 0 Å². The number of benzene rings is 1. The molecule has 0 unspecified atom stereocenters. The van der Waals surface area contributed by atoms with Gasteiger partial charge in [0, 0.05) is 6.04 Å². The van der Waals surface area contributed by atoms with E-state index in [-0.39, 0.29) is 6.04 Å². The summed E-state index contributed by atoms with van der Waals surface area (Å²) in [6.45, 7) is 0.671. The summed E-state index contributed by atoms with van der Waals surface area (Å²) in [6, 6.07) is 9.49. The van der Waals surface area contributed by atoms with Gasteiger partial charge in [-0.1, -0.05) is 12.1 Å². The topological polar surface area (TPSA) is 75.8 Å². The fraction of sp³-hybridized carbons (Fsp3) is 0.364. The molecule has 1 atom stereocenters. The Morgan fingerprint density at radius 2 is 1.93 bits per heavy atom. The van der Waals surface area contributed by atoms with Crippen LogP contribution in [0.4, 0.5) is 0 Å². The van der Waals surface area contributed by atoms with Gasteiger partial charge >= 0.3 is 0 Å². The molecule has 0 saturated heterocycles. The summed E-state index contributed by atoms with van der Waals surface area (Å²) in [6.07, 6.45) is 1.82. The molecule has 3 heteroatoms. The Morgan fingerprint density at radius 1 is 1.29 bits per heavy atom. The van der Waals surface area contributed by atoms with Gasteiger partial charge in [0.05, 0.1) is 11.6 Å². The Morgan fingerprint density at radius 3 is 2.43 bits per heavy atom. The standard InChI is InChI=1S/C11H15N3/c12-7-1-2-11(14)10-5-3-9(8-13)4-6-10/h3-6,11H,1-2,7,12,14H2/t11-/m1/s1. The first-order valence-corrected chi connectivity index (χ1v) is 4.73. The van der Waals surface area contributed by atoms with Gasteiger partial charge in [-0.25, -0.2) is 0 Å². The van der Waals surface area contributed by atoms with E-state index in [0.29, 0.717) is 12.1 Å². The molecule has 1 aromatic carbocycles. The number of hydrogen-bond donors (Lipinski definition) is 2. The van der Waals surface area contributed by atoms with Gasteiger partial charge in [0.2, 0.25) is 0 Å². The lowest BCUT2D eigenvalue weighted by atomic mass is 10.0. The third-order valence-electron chi connectivity index (χ3n) is 2.19. The van der Waals surface area contributed by atoms with E-state index < -0.39 is 0 Å². The molecule has 0 aromatic heterocycles. The highest BCUT2D eigenvalue weighted by molar-refractivity contribution is 5.32. The van der Waals surface area contributed by atoms with Crippen LogP contribution in [0.1, 0.15) is 30.0 Å². The average Bonchev–Trinajstić information content (AvgIpc) is 2.26. The molecule has 1 aromatic rings. The lowest BCUT2D eigenvalue weighted by Gasteiger charge is -2.10. The van der Waals surface area contributed by atoms with Crippen molar-refractivity contribution in [3.63, 3.8) is 0 Å². The molecule has 0 heterocycles. The molecule has 0 bridgehead atoms. The van der Waals surface area contributed by atoms with Crippen molar-refractivity contribution >= 4 is 0 Å². The summed E-state index contributed by atoms with van der Waals surface area (Å²) in [5, 5.41) is 8.61. The van der Waals surface area contributed by atoms with Crippen LogP contribution in [0.2, 0.25) is 0 Å². The second-order valence-electron chi connectivity index (χ2n) is 3.27. The van der Waals surface area contributed by atoms with E-state index in [4.69, 9.17) is 16.7 Å². The molecular weight excluding hydrogens is 174 g/mol. The Hall–Kier alpha value is -1.37. The van der Waals surface area contributed by atoms with Crippen molar-refractivity contribution in [3.05, 3.63) is 35.4 Å². The second kappa shape index (κ2) is 5.38. The van der Waals surface area contributed by atoms with Crippen LogP contribution in [-0.2, 0) is 0 Å². The molecule has 3 nitrogen and oxygen atoms in total. The Kier molecular flexibility index (Phi) is 4.11. The van der Waals surface area contributed by atoms with E-state index in [9.17, 15) is 0 Å². The third kappa shape index (κ3) is 2.84. The Bertz CT molecular complexity index is 310. The van der Waals surface area contributed by atoms with Gasteiger partial charge in [-0.2, -0.15) is 5.26 Å². The van der Waals surface area contributed by atoms with Gasteiger partial charge in [0.25, 0.3) is 0 Å². The molecule has 0 radical (unpaired) electrons. The summed E-state index contributed by atoms with van der Waals surface area (Å²) >= 11 is 0. The number of nitrogens with zero attached hydrogens (tertiary/aromatic N) is 1. The zero-order valence-corrected chi connectivity index (χ0v) is 8.11. The summed E-state index contributed by atoms with van der Waals surface area (Å²) in [5.74, 6) is 0. The molecule has 74 valence electrons. The van der Waals surface area contributed by atoms with Crippen LogP contribution >= 0.6 is 0 Å². The Labute approximate surface area is 84.3 Å². The summed E-state index contributed by atoms with van der Waals surface area (Å²) in [5.41, 5.74) is 13.1. The van der Waals surface area contributed by atoms with E-state index in [1.54, 1.807) is 12.1 Å². The maximum Gasteiger partial charge on any atom is 0.0991 e. The number of rotatable bonds is 4. The summed E-state index contributed by atoms with van der Waals surface area (Å²) in [4.78, 5) is 0. The number of nitriles is 1. The first-order valence-electron chi connectivity index (χ1n) is 4.73. The number of nitrogens with two attached hydrogens (primary N) is 2. The highest BCUT2D eigenvalue weighted by atomic mass is 14.6. The quantitative estimate of drug-likeness (QED) is 0.749. The van der Waals surface area contributed by atoms with E-state index in [1.165, 1.54) is 0 Å². The molecule has 0 aliphatic carbocycles.